The molecule has 1 fully saturated rings. The number of halogens is 2. The Balaban J connectivity index is 1.99. The predicted octanol–water partition coefficient (Wildman–Crippen LogP) is 4.48. The maximum atomic E-state index is 10.2. The van der Waals surface area contributed by atoms with Crippen LogP contribution in [0.1, 0.15) is 37.7 Å². The number of rotatable bonds is 3. The van der Waals surface area contributed by atoms with Gasteiger partial charge in [-0.3, -0.25) is 0 Å². The minimum atomic E-state index is -0.269. The van der Waals surface area contributed by atoms with Gasteiger partial charge in [-0.15, -0.1) is 0 Å². The highest BCUT2D eigenvalue weighted by atomic mass is 35.5. The Hall–Kier alpha value is -0.240. The zero-order chi connectivity index (χ0) is 12.3. The average molecular weight is 273 g/mol. The van der Waals surface area contributed by atoms with Gasteiger partial charge in [-0.05, 0) is 36.5 Å². The molecule has 1 saturated carbocycles. The molecule has 17 heavy (non-hydrogen) atoms. The third kappa shape index (κ3) is 3.61. The number of aliphatic hydroxyl groups excluding tert-OH is 1. The van der Waals surface area contributed by atoms with Gasteiger partial charge in [0.1, 0.15) is 0 Å². The van der Waals surface area contributed by atoms with Crippen LogP contribution in [0.3, 0.4) is 0 Å². The van der Waals surface area contributed by atoms with E-state index in [9.17, 15) is 5.11 Å². The largest absolute Gasteiger partial charge is 0.392 e. The zero-order valence-corrected chi connectivity index (χ0v) is 11.3. The van der Waals surface area contributed by atoms with E-state index in [1.807, 2.05) is 12.1 Å². The van der Waals surface area contributed by atoms with Gasteiger partial charge in [0.05, 0.1) is 6.10 Å². The van der Waals surface area contributed by atoms with Crippen molar-refractivity contribution in [1.82, 2.24) is 0 Å². The number of hydrogen-bond donors (Lipinski definition) is 1. The molecule has 3 heteroatoms. The minimum Gasteiger partial charge on any atom is -0.392 e. The molecule has 0 bridgehead atoms. The monoisotopic (exact) mass is 272 g/mol. The Morgan fingerprint density at radius 2 is 1.88 bits per heavy atom. The Morgan fingerprint density at radius 1 is 1.18 bits per heavy atom. The average Bonchev–Trinajstić information content (AvgIpc) is 2.34. The summed E-state index contributed by atoms with van der Waals surface area (Å²) < 4.78 is 0. The second-order valence-electron chi connectivity index (χ2n) is 4.91. The summed E-state index contributed by atoms with van der Waals surface area (Å²) in [4.78, 5) is 0. The molecule has 94 valence electrons. The van der Waals surface area contributed by atoms with Crippen LogP contribution in [-0.4, -0.2) is 11.2 Å². The van der Waals surface area contributed by atoms with Crippen LogP contribution < -0.4 is 0 Å². The Labute approximate surface area is 113 Å². The van der Waals surface area contributed by atoms with E-state index in [1.54, 1.807) is 6.07 Å². The summed E-state index contributed by atoms with van der Waals surface area (Å²) in [7, 11) is 0. The Bertz CT molecular complexity index is 372. The third-order valence-corrected chi connectivity index (χ3v) is 4.23. The molecule has 0 amide bonds. The lowest BCUT2D eigenvalue weighted by Gasteiger charge is -2.26. The first kappa shape index (κ1) is 13.2. The first-order chi connectivity index (χ1) is 8.16. The maximum absolute atomic E-state index is 10.2. The van der Waals surface area contributed by atoms with Crippen molar-refractivity contribution in [2.24, 2.45) is 5.92 Å². The predicted molar refractivity (Wildman–Crippen MR) is 72.7 cm³/mol. The minimum absolute atomic E-state index is 0.269. The van der Waals surface area contributed by atoms with Crippen LogP contribution in [0.2, 0.25) is 10.0 Å². The Kier molecular flexibility index (Phi) is 4.72. The molecule has 0 radical (unpaired) electrons. The molecule has 1 aliphatic rings. The van der Waals surface area contributed by atoms with Crippen LogP contribution in [0.4, 0.5) is 0 Å². The van der Waals surface area contributed by atoms with E-state index < -0.39 is 0 Å². The quantitative estimate of drug-likeness (QED) is 0.861. The van der Waals surface area contributed by atoms with Gasteiger partial charge in [0.25, 0.3) is 0 Å². The molecule has 2 rings (SSSR count). The van der Waals surface area contributed by atoms with Gasteiger partial charge in [0.15, 0.2) is 0 Å². The van der Waals surface area contributed by atoms with Crippen LogP contribution in [0.25, 0.3) is 0 Å². The SMILES string of the molecule is OC(Cc1ccc(Cl)cc1Cl)C1CCCCC1. The van der Waals surface area contributed by atoms with Gasteiger partial charge in [0, 0.05) is 16.5 Å². The lowest BCUT2D eigenvalue weighted by atomic mass is 9.83. The van der Waals surface area contributed by atoms with Crippen LogP contribution in [0, 0.1) is 5.92 Å². The molecule has 0 spiro atoms. The van der Waals surface area contributed by atoms with Crippen molar-refractivity contribution in [2.45, 2.75) is 44.6 Å². The second kappa shape index (κ2) is 6.08. The molecule has 1 aliphatic carbocycles. The first-order valence-corrected chi connectivity index (χ1v) is 7.04. The van der Waals surface area contributed by atoms with Gasteiger partial charge < -0.3 is 5.11 Å². The smallest absolute Gasteiger partial charge is 0.0609 e. The van der Waals surface area contributed by atoms with E-state index in [0.29, 0.717) is 22.4 Å². The summed E-state index contributed by atoms with van der Waals surface area (Å²) in [6, 6.07) is 5.49. The molecule has 0 aromatic heterocycles. The summed E-state index contributed by atoms with van der Waals surface area (Å²) in [5, 5.41) is 11.5. The molecule has 0 saturated heterocycles. The summed E-state index contributed by atoms with van der Waals surface area (Å²) >= 11 is 12.0. The van der Waals surface area contributed by atoms with E-state index in [0.717, 1.165) is 18.4 Å². The highest BCUT2D eigenvalue weighted by Crippen LogP contribution is 2.30. The van der Waals surface area contributed by atoms with E-state index in [2.05, 4.69) is 0 Å². The van der Waals surface area contributed by atoms with E-state index in [4.69, 9.17) is 23.2 Å². The molecule has 0 aliphatic heterocycles. The number of benzene rings is 1. The Morgan fingerprint density at radius 3 is 2.53 bits per heavy atom. The molecule has 1 nitrogen and oxygen atoms in total. The van der Waals surface area contributed by atoms with E-state index in [-0.39, 0.29) is 6.10 Å². The highest BCUT2D eigenvalue weighted by molar-refractivity contribution is 6.35. The lowest BCUT2D eigenvalue weighted by Crippen LogP contribution is -2.25. The standard InChI is InChI=1S/C14H18Cl2O/c15-12-7-6-11(13(16)9-12)8-14(17)10-4-2-1-3-5-10/h6-7,9-10,14,17H,1-5,8H2. The zero-order valence-electron chi connectivity index (χ0n) is 9.83. The van der Waals surface area contributed by atoms with Crippen LogP contribution in [-0.2, 0) is 6.42 Å². The summed E-state index contributed by atoms with van der Waals surface area (Å²) in [6.07, 6.45) is 6.46. The summed E-state index contributed by atoms with van der Waals surface area (Å²) in [6.45, 7) is 0. The van der Waals surface area contributed by atoms with Gasteiger partial charge >= 0.3 is 0 Å². The molecular weight excluding hydrogens is 255 g/mol. The van der Waals surface area contributed by atoms with Crippen molar-refractivity contribution in [1.29, 1.82) is 0 Å². The molecule has 1 aromatic carbocycles. The van der Waals surface area contributed by atoms with Gasteiger partial charge in [-0.1, -0.05) is 48.5 Å². The highest BCUT2D eigenvalue weighted by Gasteiger charge is 2.22. The molecule has 1 N–H and O–H groups in total. The lowest BCUT2D eigenvalue weighted by molar-refractivity contribution is 0.0851. The molecule has 1 aromatic rings. The van der Waals surface area contributed by atoms with Crippen molar-refractivity contribution in [3.63, 3.8) is 0 Å². The van der Waals surface area contributed by atoms with Crippen LogP contribution >= 0.6 is 23.2 Å². The molecule has 1 atom stereocenters. The second-order valence-corrected chi connectivity index (χ2v) is 5.75. The van der Waals surface area contributed by atoms with Crippen LogP contribution in [0.15, 0.2) is 18.2 Å². The van der Waals surface area contributed by atoms with Gasteiger partial charge in [-0.2, -0.15) is 0 Å². The first-order valence-electron chi connectivity index (χ1n) is 6.29. The molecule has 1 unspecified atom stereocenters. The van der Waals surface area contributed by atoms with Crippen molar-refractivity contribution >= 4 is 23.2 Å². The van der Waals surface area contributed by atoms with Crippen molar-refractivity contribution in [3.05, 3.63) is 33.8 Å². The van der Waals surface area contributed by atoms with E-state index in [1.165, 1.54) is 19.3 Å². The van der Waals surface area contributed by atoms with Crippen molar-refractivity contribution in [3.8, 4) is 0 Å². The summed E-state index contributed by atoms with van der Waals surface area (Å²) in [5.74, 6) is 0.440. The normalized spacial score (nSPS) is 19.2. The topological polar surface area (TPSA) is 20.2 Å². The van der Waals surface area contributed by atoms with E-state index >= 15 is 0 Å². The number of aliphatic hydroxyl groups is 1. The van der Waals surface area contributed by atoms with Gasteiger partial charge in [0.2, 0.25) is 0 Å². The van der Waals surface area contributed by atoms with Gasteiger partial charge in [-0.25, -0.2) is 0 Å². The number of hydrogen-bond acceptors (Lipinski definition) is 1. The summed E-state index contributed by atoms with van der Waals surface area (Å²) in [5.41, 5.74) is 0.995. The fraction of sp³-hybridized carbons (Fsp3) is 0.571. The van der Waals surface area contributed by atoms with Crippen molar-refractivity contribution < 1.29 is 5.11 Å². The fourth-order valence-corrected chi connectivity index (χ4v) is 3.08. The third-order valence-electron chi connectivity index (χ3n) is 3.64. The molecular formula is C14H18Cl2O. The fourth-order valence-electron chi connectivity index (χ4n) is 2.60. The van der Waals surface area contributed by atoms with Crippen molar-refractivity contribution in [2.75, 3.05) is 0 Å². The molecule has 0 heterocycles. The van der Waals surface area contributed by atoms with Crippen LogP contribution in [0.5, 0.6) is 0 Å². The maximum Gasteiger partial charge on any atom is 0.0609 e.